The molecule has 1 N–H and O–H groups in total. The van der Waals surface area contributed by atoms with Crippen LogP contribution in [0.2, 0.25) is 0 Å². The summed E-state index contributed by atoms with van der Waals surface area (Å²) in [6.07, 6.45) is 3.47. The summed E-state index contributed by atoms with van der Waals surface area (Å²) in [7, 11) is 1.82. The Kier molecular flexibility index (Phi) is 3.53. The Morgan fingerprint density at radius 3 is 2.94 bits per heavy atom. The predicted molar refractivity (Wildman–Crippen MR) is 63.0 cm³/mol. The number of nitrogens with one attached hydrogen (secondary N) is 1. The van der Waals surface area contributed by atoms with Crippen molar-refractivity contribution in [2.45, 2.75) is 20.4 Å². The minimum Gasteiger partial charge on any atom is -0.438 e. The Bertz CT molecular complexity index is 474. The second kappa shape index (κ2) is 5.09. The van der Waals surface area contributed by atoms with Crippen molar-refractivity contribution in [3.63, 3.8) is 0 Å². The molecule has 0 atom stereocenters. The van der Waals surface area contributed by atoms with Crippen LogP contribution in [0.1, 0.15) is 19.7 Å². The monoisotopic (exact) mass is 235 g/mol. The second-order valence-electron chi connectivity index (χ2n) is 4.42. The number of nitrogens with zero attached hydrogens (tertiary/aromatic N) is 4. The van der Waals surface area contributed by atoms with Gasteiger partial charge in [-0.2, -0.15) is 0 Å². The van der Waals surface area contributed by atoms with Gasteiger partial charge in [-0.15, -0.1) is 5.10 Å². The van der Waals surface area contributed by atoms with E-state index in [1.807, 2.05) is 7.05 Å². The van der Waals surface area contributed by atoms with Gasteiger partial charge in [-0.1, -0.05) is 19.1 Å². The number of oxazole rings is 1. The van der Waals surface area contributed by atoms with Gasteiger partial charge in [0, 0.05) is 7.05 Å². The zero-order valence-electron chi connectivity index (χ0n) is 10.3. The highest BCUT2D eigenvalue weighted by molar-refractivity contribution is 5.48. The highest BCUT2D eigenvalue weighted by atomic mass is 16.4. The first-order chi connectivity index (χ1) is 8.15. The summed E-state index contributed by atoms with van der Waals surface area (Å²) >= 11 is 0. The molecule has 0 radical (unpaired) electrons. The van der Waals surface area contributed by atoms with E-state index in [9.17, 15) is 0 Å². The van der Waals surface area contributed by atoms with Crippen LogP contribution in [0, 0.1) is 5.92 Å². The normalized spacial score (nSPS) is 11.3. The van der Waals surface area contributed by atoms with Crippen LogP contribution in [-0.4, -0.2) is 26.5 Å². The highest BCUT2D eigenvalue weighted by Crippen LogP contribution is 2.16. The SMILES string of the molecule is CC(C)CNCc1ncc(-c2cn(C)nn2)o1. The molecular formula is C11H17N5O. The zero-order chi connectivity index (χ0) is 12.3. The van der Waals surface area contributed by atoms with Crippen molar-refractivity contribution in [1.29, 1.82) is 0 Å². The topological polar surface area (TPSA) is 68.8 Å². The predicted octanol–water partition coefficient (Wildman–Crippen LogP) is 1.22. The summed E-state index contributed by atoms with van der Waals surface area (Å²) in [6.45, 7) is 5.91. The van der Waals surface area contributed by atoms with Crippen LogP contribution in [0.15, 0.2) is 16.8 Å². The van der Waals surface area contributed by atoms with Crippen LogP contribution in [0.25, 0.3) is 11.5 Å². The smallest absolute Gasteiger partial charge is 0.208 e. The van der Waals surface area contributed by atoms with Crippen LogP contribution >= 0.6 is 0 Å². The zero-order valence-corrected chi connectivity index (χ0v) is 10.3. The first-order valence-corrected chi connectivity index (χ1v) is 5.67. The third-order valence-electron chi connectivity index (χ3n) is 2.24. The van der Waals surface area contributed by atoms with Crippen molar-refractivity contribution in [3.05, 3.63) is 18.3 Å². The summed E-state index contributed by atoms with van der Waals surface area (Å²) < 4.78 is 7.21. The fourth-order valence-electron chi connectivity index (χ4n) is 1.44. The average molecular weight is 235 g/mol. The van der Waals surface area contributed by atoms with Crippen LogP contribution < -0.4 is 5.32 Å². The molecule has 0 amide bonds. The van der Waals surface area contributed by atoms with Crippen molar-refractivity contribution in [3.8, 4) is 11.5 Å². The Labute approximate surface area is 100 Å². The molecule has 17 heavy (non-hydrogen) atoms. The van der Waals surface area contributed by atoms with Crippen LogP contribution in [-0.2, 0) is 13.6 Å². The van der Waals surface area contributed by atoms with Crippen molar-refractivity contribution >= 4 is 0 Å². The van der Waals surface area contributed by atoms with E-state index >= 15 is 0 Å². The molecule has 0 aliphatic heterocycles. The molecule has 6 heteroatoms. The van der Waals surface area contributed by atoms with E-state index in [0.29, 0.717) is 29.8 Å². The van der Waals surface area contributed by atoms with Crippen molar-refractivity contribution in [2.24, 2.45) is 13.0 Å². The van der Waals surface area contributed by atoms with Gasteiger partial charge in [0.2, 0.25) is 5.89 Å². The molecule has 92 valence electrons. The maximum absolute atomic E-state index is 5.58. The van der Waals surface area contributed by atoms with Gasteiger partial charge in [0.05, 0.1) is 18.9 Å². The van der Waals surface area contributed by atoms with Gasteiger partial charge >= 0.3 is 0 Å². The highest BCUT2D eigenvalue weighted by Gasteiger charge is 2.09. The van der Waals surface area contributed by atoms with Crippen molar-refractivity contribution < 1.29 is 4.42 Å². The molecule has 0 fully saturated rings. The number of hydrogen-bond acceptors (Lipinski definition) is 5. The van der Waals surface area contributed by atoms with Gasteiger partial charge in [-0.3, -0.25) is 4.68 Å². The molecule has 6 nitrogen and oxygen atoms in total. The molecule has 0 bridgehead atoms. The van der Waals surface area contributed by atoms with Gasteiger partial charge in [0.15, 0.2) is 5.76 Å². The van der Waals surface area contributed by atoms with E-state index in [1.165, 1.54) is 0 Å². The lowest BCUT2D eigenvalue weighted by atomic mass is 10.2. The summed E-state index contributed by atoms with van der Waals surface area (Å²) in [5, 5.41) is 11.1. The molecule has 0 aromatic carbocycles. The van der Waals surface area contributed by atoms with Gasteiger partial charge in [0.25, 0.3) is 0 Å². The summed E-state index contributed by atoms with van der Waals surface area (Å²) in [4.78, 5) is 4.19. The lowest BCUT2D eigenvalue weighted by molar-refractivity contribution is 0.458. The lowest BCUT2D eigenvalue weighted by Gasteiger charge is -2.03. The van der Waals surface area contributed by atoms with Gasteiger partial charge < -0.3 is 9.73 Å². The maximum atomic E-state index is 5.58. The van der Waals surface area contributed by atoms with Crippen LogP contribution in [0.4, 0.5) is 0 Å². The van der Waals surface area contributed by atoms with Crippen molar-refractivity contribution in [1.82, 2.24) is 25.3 Å². The molecule has 2 heterocycles. The Hall–Kier alpha value is -1.69. The molecule has 0 saturated heterocycles. The number of aryl methyl sites for hydroxylation is 1. The van der Waals surface area contributed by atoms with Crippen molar-refractivity contribution in [2.75, 3.05) is 6.54 Å². The third kappa shape index (κ3) is 3.13. The van der Waals surface area contributed by atoms with Gasteiger partial charge in [-0.05, 0) is 12.5 Å². The second-order valence-corrected chi connectivity index (χ2v) is 4.42. The van der Waals surface area contributed by atoms with Gasteiger partial charge in [-0.25, -0.2) is 4.98 Å². The lowest BCUT2D eigenvalue weighted by Crippen LogP contribution is -2.18. The van der Waals surface area contributed by atoms with E-state index < -0.39 is 0 Å². The standard InChI is InChI=1S/C11H17N5O/c1-8(2)4-12-6-11-13-5-10(17-11)9-7-16(3)15-14-9/h5,7-8,12H,4,6H2,1-3H3. The average Bonchev–Trinajstić information content (AvgIpc) is 2.86. The number of aromatic nitrogens is 4. The Morgan fingerprint density at radius 2 is 2.29 bits per heavy atom. The molecule has 2 aromatic heterocycles. The number of rotatable bonds is 5. The third-order valence-corrected chi connectivity index (χ3v) is 2.24. The summed E-state index contributed by atoms with van der Waals surface area (Å²) in [5.41, 5.74) is 0.704. The van der Waals surface area contributed by atoms with Gasteiger partial charge in [0.1, 0.15) is 5.69 Å². The summed E-state index contributed by atoms with van der Waals surface area (Å²) in [6, 6.07) is 0. The molecule has 0 aliphatic rings. The molecule has 0 aliphatic carbocycles. The Morgan fingerprint density at radius 1 is 1.47 bits per heavy atom. The van der Waals surface area contributed by atoms with E-state index in [-0.39, 0.29) is 0 Å². The minimum atomic E-state index is 0.615. The quantitative estimate of drug-likeness (QED) is 0.843. The van der Waals surface area contributed by atoms with Crippen LogP contribution in [0.5, 0.6) is 0 Å². The first-order valence-electron chi connectivity index (χ1n) is 5.67. The molecule has 2 rings (SSSR count). The molecule has 2 aromatic rings. The summed E-state index contributed by atoms with van der Waals surface area (Å²) in [5.74, 6) is 1.94. The van der Waals surface area contributed by atoms with E-state index in [1.54, 1.807) is 17.1 Å². The molecule has 0 saturated carbocycles. The first kappa shape index (κ1) is 11.8. The minimum absolute atomic E-state index is 0.615. The van der Waals surface area contributed by atoms with E-state index in [0.717, 1.165) is 6.54 Å². The Balaban J connectivity index is 1.96. The maximum Gasteiger partial charge on any atom is 0.208 e. The van der Waals surface area contributed by atoms with E-state index in [4.69, 9.17) is 4.42 Å². The fraction of sp³-hybridized carbons (Fsp3) is 0.545. The fourth-order valence-corrected chi connectivity index (χ4v) is 1.44. The van der Waals surface area contributed by atoms with Crippen LogP contribution in [0.3, 0.4) is 0 Å². The largest absolute Gasteiger partial charge is 0.438 e. The van der Waals surface area contributed by atoms with E-state index in [2.05, 4.69) is 34.5 Å². The molecule has 0 spiro atoms. The number of hydrogen-bond donors (Lipinski definition) is 1. The molecule has 0 unspecified atom stereocenters. The molecular weight excluding hydrogens is 218 g/mol.